The number of phenolic OH excluding ortho intramolecular Hbond substituents is 1. The van der Waals surface area contributed by atoms with E-state index in [4.69, 9.17) is 5.11 Å². The molecule has 0 saturated heterocycles. The van der Waals surface area contributed by atoms with Gasteiger partial charge in [-0.2, -0.15) is 0 Å². The predicted octanol–water partition coefficient (Wildman–Crippen LogP) is 3.28. The molecule has 82 valence electrons. The van der Waals surface area contributed by atoms with E-state index in [1.165, 1.54) is 0 Å². The molecule has 0 aliphatic rings. The smallest absolute Gasteiger partial charge is 0.313 e. The molecule has 0 bridgehead atoms. The average Bonchev–Trinajstić information content (AvgIpc) is 2.13. The van der Waals surface area contributed by atoms with Crippen LogP contribution in [0.5, 0.6) is 5.75 Å². The van der Waals surface area contributed by atoms with Crippen LogP contribution in [0.1, 0.15) is 19.4 Å². The van der Waals surface area contributed by atoms with Crippen LogP contribution in [0.2, 0.25) is 0 Å². The van der Waals surface area contributed by atoms with Crippen molar-refractivity contribution in [3.8, 4) is 5.75 Å². The van der Waals surface area contributed by atoms with Gasteiger partial charge in [0.05, 0.1) is 14.4 Å². The Kier molecular flexibility index (Phi) is 3.45. The fourth-order valence-corrected chi connectivity index (χ4v) is 2.24. The minimum atomic E-state index is -0.987. The van der Waals surface area contributed by atoms with Gasteiger partial charge >= 0.3 is 5.97 Å². The van der Waals surface area contributed by atoms with E-state index in [9.17, 15) is 9.90 Å². The number of carboxylic acids is 1. The van der Waals surface area contributed by atoms with Crippen LogP contribution in [0.3, 0.4) is 0 Å². The molecule has 1 aromatic rings. The Morgan fingerprint density at radius 3 is 2.00 bits per heavy atom. The van der Waals surface area contributed by atoms with Gasteiger partial charge in [-0.05, 0) is 63.4 Å². The Labute approximate surface area is 104 Å². The summed E-state index contributed by atoms with van der Waals surface area (Å²) in [6, 6.07) is 3.21. The Morgan fingerprint density at radius 2 is 1.67 bits per heavy atom. The molecule has 0 aliphatic carbocycles. The van der Waals surface area contributed by atoms with Crippen LogP contribution >= 0.6 is 31.9 Å². The Balaban J connectivity index is 3.34. The largest absolute Gasteiger partial charge is 0.506 e. The third-order valence-corrected chi connectivity index (χ3v) is 3.48. The first-order valence-corrected chi connectivity index (χ1v) is 5.77. The van der Waals surface area contributed by atoms with Crippen molar-refractivity contribution in [2.24, 2.45) is 0 Å². The van der Waals surface area contributed by atoms with Crippen LogP contribution in [0.4, 0.5) is 0 Å². The highest BCUT2D eigenvalue weighted by Gasteiger charge is 2.30. The normalized spacial score (nSPS) is 11.5. The Bertz CT molecular complexity index is 390. The van der Waals surface area contributed by atoms with E-state index in [1.807, 2.05) is 0 Å². The maximum atomic E-state index is 11.0. The van der Waals surface area contributed by atoms with Gasteiger partial charge in [0.25, 0.3) is 0 Å². The molecule has 0 aliphatic heterocycles. The molecular formula is C10H10Br2O3. The molecule has 0 aromatic heterocycles. The van der Waals surface area contributed by atoms with E-state index in [0.717, 1.165) is 0 Å². The molecule has 0 saturated carbocycles. The number of phenols is 1. The second-order valence-corrected chi connectivity index (χ2v) is 5.43. The summed E-state index contributed by atoms with van der Waals surface area (Å²) in [5.41, 5.74) is -0.370. The zero-order valence-corrected chi connectivity index (χ0v) is 11.4. The van der Waals surface area contributed by atoms with Crippen molar-refractivity contribution in [1.82, 2.24) is 0 Å². The van der Waals surface area contributed by atoms with Crippen LogP contribution in [-0.2, 0) is 10.2 Å². The number of hydrogen-bond donors (Lipinski definition) is 2. The molecule has 0 fully saturated rings. The standard InChI is InChI=1S/C10H10Br2O3/c1-10(2,9(14)15)5-3-6(11)8(13)7(12)4-5/h3-4,13H,1-2H3,(H,14,15). The number of aliphatic carboxylic acids is 1. The van der Waals surface area contributed by atoms with Gasteiger partial charge in [-0.3, -0.25) is 4.79 Å². The monoisotopic (exact) mass is 336 g/mol. The third kappa shape index (κ3) is 2.34. The fraction of sp³-hybridized carbons (Fsp3) is 0.300. The molecule has 0 atom stereocenters. The zero-order chi connectivity index (χ0) is 11.8. The molecule has 15 heavy (non-hydrogen) atoms. The number of benzene rings is 1. The van der Waals surface area contributed by atoms with Crippen LogP contribution in [0.15, 0.2) is 21.1 Å². The Morgan fingerprint density at radius 1 is 1.27 bits per heavy atom. The van der Waals surface area contributed by atoms with Crippen molar-refractivity contribution in [1.29, 1.82) is 0 Å². The van der Waals surface area contributed by atoms with Crippen molar-refractivity contribution < 1.29 is 15.0 Å². The van der Waals surface area contributed by atoms with E-state index >= 15 is 0 Å². The van der Waals surface area contributed by atoms with E-state index < -0.39 is 11.4 Å². The topological polar surface area (TPSA) is 57.5 Å². The lowest BCUT2D eigenvalue weighted by Gasteiger charge is -2.20. The highest BCUT2D eigenvalue weighted by molar-refractivity contribution is 9.11. The van der Waals surface area contributed by atoms with Crippen molar-refractivity contribution in [2.45, 2.75) is 19.3 Å². The minimum Gasteiger partial charge on any atom is -0.506 e. The average molecular weight is 338 g/mol. The van der Waals surface area contributed by atoms with Crippen LogP contribution in [0, 0.1) is 0 Å². The van der Waals surface area contributed by atoms with Gasteiger partial charge in [0.1, 0.15) is 5.75 Å². The summed E-state index contributed by atoms with van der Waals surface area (Å²) >= 11 is 6.33. The molecule has 0 radical (unpaired) electrons. The summed E-state index contributed by atoms with van der Waals surface area (Å²) in [5, 5.41) is 18.5. The molecular weight excluding hydrogens is 328 g/mol. The summed E-state index contributed by atoms with van der Waals surface area (Å²) in [5.74, 6) is -0.841. The van der Waals surface area contributed by atoms with Crippen molar-refractivity contribution in [3.63, 3.8) is 0 Å². The molecule has 0 spiro atoms. The number of rotatable bonds is 2. The first-order valence-electron chi connectivity index (χ1n) is 4.18. The first-order chi connectivity index (χ1) is 6.76. The molecule has 1 aromatic carbocycles. The summed E-state index contributed by atoms with van der Waals surface area (Å²) in [6.45, 7) is 3.22. The van der Waals surface area contributed by atoms with Crippen molar-refractivity contribution >= 4 is 37.8 Å². The maximum absolute atomic E-state index is 11.0. The SMILES string of the molecule is CC(C)(C(=O)O)c1cc(Br)c(O)c(Br)c1. The lowest BCUT2D eigenvalue weighted by Crippen LogP contribution is -2.28. The molecule has 0 unspecified atom stereocenters. The predicted molar refractivity (Wildman–Crippen MR) is 64.2 cm³/mol. The van der Waals surface area contributed by atoms with Gasteiger partial charge in [0.2, 0.25) is 0 Å². The molecule has 1 rings (SSSR count). The summed E-state index contributed by atoms with van der Waals surface area (Å²) < 4.78 is 0.947. The van der Waals surface area contributed by atoms with Gasteiger partial charge in [-0.15, -0.1) is 0 Å². The second kappa shape index (κ2) is 4.14. The molecule has 5 heteroatoms. The van der Waals surface area contributed by atoms with E-state index in [-0.39, 0.29) is 5.75 Å². The summed E-state index contributed by atoms with van der Waals surface area (Å²) in [7, 11) is 0. The van der Waals surface area contributed by atoms with Gasteiger partial charge in [-0.1, -0.05) is 0 Å². The van der Waals surface area contributed by atoms with E-state index in [1.54, 1.807) is 26.0 Å². The van der Waals surface area contributed by atoms with E-state index in [0.29, 0.717) is 14.5 Å². The van der Waals surface area contributed by atoms with Crippen LogP contribution in [0.25, 0.3) is 0 Å². The maximum Gasteiger partial charge on any atom is 0.313 e. The zero-order valence-electron chi connectivity index (χ0n) is 8.21. The lowest BCUT2D eigenvalue weighted by atomic mass is 9.85. The lowest BCUT2D eigenvalue weighted by molar-refractivity contribution is -0.142. The number of halogens is 2. The van der Waals surface area contributed by atoms with Crippen LogP contribution < -0.4 is 0 Å². The number of hydrogen-bond acceptors (Lipinski definition) is 2. The quantitative estimate of drug-likeness (QED) is 0.870. The van der Waals surface area contributed by atoms with Gasteiger partial charge in [0.15, 0.2) is 0 Å². The number of aromatic hydroxyl groups is 1. The van der Waals surface area contributed by atoms with Gasteiger partial charge in [-0.25, -0.2) is 0 Å². The highest BCUT2D eigenvalue weighted by Crippen LogP contribution is 2.37. The Hall–Kier alpha value is -0.550. The second-order valence-electron chi connectivity index (χ2n) is 3.72. The van der Waals surface area contributed by atoms with Crippen molar-refractivity contribution in [2.75, 3.05) is 0 Å². The van der Waals surface area contributed by atoms with E-state index in [2.05, 4.69) is 31.9 Å². The highest BCUT2D eigenvalue weighted by atomic mass is 79.9. The van der Waals surface area contributed by atoms with Gasteiger partial charge < -0.3 is 10.2 Å². The number of carboxylic acid groups (broad SMARTS) is 1. The molecule has 0 amide bonds. The molecule has 2 N–H and O–H groups in total. The summed E-state index contributed by atoms with van der Waals surface area (Å²) in [6.07, 6.45) is 0. The third-order valence-electron chi connectivity index (χ3n) is 2.27. The summed E-state index contributed by atoms with van der Waals surface area (Å²) in [4.78, 5) is 11.0. The number of carbonyl (C=O) groups is 1. The molecule has 3 nitrogen and oxygen atoms in total. The minimum absolute atomic E-state index is 0.0694. The fourth-order valence-electron chi connectivity index (χ4n) is 1.05. The first kappa shape index (κ1) is 12.5. The molecule has 0 heterocycles. The van der Waals surface area contributed by atoms with Crippen LogP contribution in [-0.4, -0.2) is 16.2 Å². The van der Waals surface area contributed by atoms with Gasteiger partial charge in [0, 0.05) is 0 Å². The van der Waals surface area contributed by atoms with Crippen molar-refractivity contribution in [3.05, 3.63) is 26.6 Å².